The van der Waals surface area contributed by atoms with E-state index in [-0.39, 0.29) is 6.54 Å². The molecule has 0 bridgehead atoms. The Morgan fingerprint density at radius 2 is 1.89 bits per heavy atom. The second-order valence-electron chi connectivity index (χ2n) is 6.64. The number of nitrogens with one attached hydrogen (secondary N) is 2. The Morgan fingerprint density at radius 3 is 2.52 bits per heavy atom. The maximum Gasteiger partial charge on any atom is 0.191 e. The molecular weight excluding hydrogens is 342 g/mol. The van der Waals surface area contributed by atoms with Gasteiger partial charge in [-0.15, -0.1) is 0 Å². The van der Waals surface area contributed by atoms with Gasteiger partial charge in [0.25, 0.3) is 0 Å². The number of ether oxygens (including phenoxy) is 1. The summed E-state index contributed by atoms with van der Waals surface area (Å²) >= 11 is 0. The summed E-state index contributed by atoms with van der Waals surface area (Å²) in [4.78, 5) is 4.65. The largest absolute Gasteiger partial charge is 0.463 e. The Morgan fingerprint density at radius 1 is 1.15 bits per heavy atom. The van der Waals surface area contributed by atoms with Gasteiger partial charge in [0.1, 0.15) is 17.1 Å². The van der Waals surface area contributed by atoms with E-state index in [1.165, 1.54) is 0 Å². The summed E-state index contributed by atoms with van der Waals surface area (Å²) in [5.74, 6) is 1.95. The number of rotatable bonds is 9. The van der Waals surface area contributed by atoms with E-state index in [1.54, 1.807) is 13.0 Å². The number of benzene rings is 1. The first kappa shape index (κ1) is 21.0. The van der Waals surface area contributed by atoms with Gasteiger partial charge in [0.15, 0.2) is 5.96 Å². The molecule has 0 radical (unpaired) electrons. The number of furan rings is 1. The Labute approximate surface area is 161 Å². The molecular formula is C21H31N3O3. The Kier molecular flexibility index (Phi) is 7.88. The molecule has 2 rings (SSSR count). The van der Waals surface area contributed by atoms with Gasteiger partial charge in [-0.2, -0.15) is 0 Å². The van der Waals surface area contributed by atoms with Crippen LogP contribution >= 0.6 is 0 Å². The minimum absolute atomic E-state index is 0.284. The molecule has 0 fully saturated rings. The number of aliphatic imine (C=N–C) groups is 1. The lowest BCUT2D eigenvalue weighted by Gasteiger charge is -2.23. The smallest absolute Gasteiger partial charge is 0.191 e. The van der Waals surface area contributed by atoms with E-state index in [0.29, 0.717) is 31.5 Å². The number of aryl methyl sites for hydroxylation is 1. The van der Waals surface area contributed by atoms with Gasteiger partial charge in [-0.25, -0.2) is 4.99 Å². The lowest BCUT2D eigenvalue weighted by molar-refractivity contribution is 0.0378. The highest BCUT2D eigenvalue weighted by Crippen LogP contribution is 2.21. The zero-order valence-electron chi connectivity index (χ0n) is 16.7. The van der Waals surface area contributed by atoms with Crippen molar-refractivity contribution in [3.05, 3.63) is 59.0 Å². The van der Waals surface area contributed by atoms with Crippen molar-refractivity contribution < 1.29 is 14.3 Å². The van der Waals surface area contributed by atoms with Crippen molar-refractivity contribution in [2.24, 2.45) is 4.99 Å². The zero-order chi connectivity index (χ0) is 19.7. The normalized spacial score (nSPS) is 14.0. The molecule has 1 unspecified atom stereocenters. The predicted molar refractivity (Wildman–Crippen MR) is 108 cm³/mol. The minimum atomic E-state index is -1.13. The van der Waals surface area contributed by atoms with Crippen molar-refractivity contribution in [1.82, 2.24) is 10.6 Å². The SMILES string of the molecule is CCNC(=NCc1ccccc1COCC)NCC(C)(O)c1ccc(C)o1. The number of aliphatic hydroxyl groups is 1. The van der Waals surface area contributed by atoms with Crippen LogP contribution in [0.4, 0.5) is 0 Å². The van der Waals surface area contributed by atoms with Crippen molar-refractivity contribution >= 4 is 5.96 Å². The first-order chi connectivity index (χ1) is 13.0. The van der Waals surface area contributed by atoms with Gasteiger partial charge in [0.05, 0.1) is 19.7 Å². The molecule has 2 aromatic rings. The van der Waals surface area contributed by atoms with E-state index in [1.807, 2.05) is 39.0 Å². The van der Waals surface area contributed by atoms with E-state index in [0.717, 1.165) is 23.4 Å². The fourth-order valence-electron chi connectivity index (χ4n) is 2.64. The summed E-state index contributed by atoms with van der Waals surface area (Å²) in [7, 11) is 0. The third kappa shape index (κ3) is 6.41. The standard InChI is InChI=1S/C21H31N3O3/c1-5-22-20(24-15-21(4,25)19-12-11-16(3)27-19)23-13-17-9-7-8-10-18(17)14-26-6-2/h7-12,25H,5-6,13-15H2,1-4H3,(H2,22,23,24). The summed E-state index contributed by atoms with van der Waals surface area (Å²) in [5.41, 5.74) is 1.13. The van der Waals surface area contributed by atoms with Crippen LogP contribution in [0.25, 0.3) is 0 Å². The molecule has 1 atom stereocenters. The van der Waals surface area contributed by atoms with Crippen LogP contribution in [-0.4, -0.2) is 30.8 Å². The molecule has 1 heterocycles. The van der Waals surface area contributed by atoms with Crippen molar-refractivity contribution in [2.45, 2.75) is 46.4 Å². The molecule has 0 saturated heterocycles. The van der Waals surface area contributed by atoms with Crippen molar-refractivity contribution in [3.63, 3.8) is 0 Å². The molecule has 0 aliphatic rings. The van der Waals surface area contributed by atoms with Gasteiger partial charge in [0, 0.05) is 13.2 Å². The molecule has 1 aromatic carbocycles. The number of hydrogen-bond donors (Lipinski definition) is 3. The Hall–Kier alpha value is -2.31. The fourth-order valence-corrected chi connectivity index (χ4v) is 2.64. The average Bonchev–Trinajstić information content (AvgIpc) is 3.10. The van der Waals surface area contributed by atoms with E-state index in [2.05, 4.69) is 27.8 Å². The van der Waals surface area contributed by atoms with E-state index in [4.69, 9.17) is 9.15 Å². The van der Waals surface area contributed by atoms with Crippen LogP contribution in [0.15, 0.2) is 45.8 Å². The zero-order valence-corrected chi connectivity index (χ0v) is 16.7. The average molecular weight is 373 g/mol. The fraction of sp³-hybridized carbons (Fsp3) is 0.476. The van der Waals surface area contributed by atoms with Gasteiger partial charge in [-0.3, -0.25) is 0 Å². The molecule has 0 spiro atoms. The van der Waals surface area contributed by atoms with Crippen LogP contribution in [-0.2, 0) is 23.5 Å². The van der Waals surface area contributed by atoms with Crippen molar-refractivity contribution in [1.29, 1.82) is 0 Å². The van der Waals surface area contributed by atoms with Gasteiger partial charge in [-0.1, -0.05) is 24.3 Å². The van der Waals surface area contributed by atoms with Crippen molar-refractivity contribution in [3.8, 4) is 0 Å². The Balaban J connectivity index is 2.04. The summed E-state index contributed by atoms with van der Waals surface area (Å²) in [5, 5.41) is 17.1. The topological polar surface area (TPSA) is 79.0 Å². The summed E-state index contributed by atoms with van der Waals surface area (Å²) in [6, 6.07) is 11.8. The summed E-state index contributed by atoms with van der Waals surface area (Å²) in [6.45, 7) is 10.4. The highest BCUT2D eigenvalue weighted by molar-refractivity contribution is 5.79. The molecule has 0 amide bonds. The lowest BCUT2D eigenvalue weighted by Crippen LogP contribution is -2.44. The molecule has 27 heavy (non-hydrogen) atoms. The molecule has 0 aliphatic carbocycles. The highest BCUT2D eigenvalue weighted by Gasteiger charge is 2.27. The van der Waals surface area contributed by atoms with Crippen LogP contribution in [0.3, 0.4) is 0 Å². The highest BCUT2D eigenvalue weighted by atomic mass is 16.5. The molecule has 1 aromatic heterocycles. The third-order valence-corrected chi connectivity index (χ3v) is 4.20. The van der Waals surface area contributed by atoms with E-state index in [9.17, 15) is 5.11 Å². The van der Waals surface area contributed by atoms with Gasteiger partial charge < -0.3 is 24.9 Å². The van der Waals surface area contributed by atoms with Crippen LogP contribution in [0.1, 0.15) is 43.4 Å². The molecule has 6 nitrogen and oxygen atoms in total. The van der Waals surface area contributed by atoms with Gasteiger partial charge in [-0.05, 0) is 51.0 Å². The second kappa shape index (κ2) is 10.1. The second-order valence-corrected chi connectivity index (χ2v) is 6.64. The molecule has 3 N–H and O–H groups in total. The van der Waals surface area contributed by atoms with Gasteiger partial charge in [0.2, 0.25) is 0 Å². The number of hydrogen-bond acceptors (Lipinski definition) is 4. The van der Waals surface area contributed by atoms with Crippen LogP contribution in [0.2, 0.25) is 0 Å². The molecule has 6 heteroatoms. The minimum Gasteiger partial charge on any atom is -0.463 e. The number of nitrogens with zero attached hydrogens (tertiary/aromatic N) is 1. The maximum atomic E-state index is 10.7. The van der Waals surface area contributed by atoms with Crippen molar-refractivity contribution in [2.75, 3.05) is 19.7 Å². The quantitative estimate of drug-likeness (QED) is 0.465. The first-order valence-corrected chi connectivity index (χ1v) is 9.42. The Bertz CT molecular complexity index is 738. The molecule has 0 saturated carbocycles. The summed E-state index contributed by atoms with van der Waals surface area (Å²) < 4.78 is 11.1. The van der Waals surface area contributed by atoms with Crippen LogP contribution < -0.4 is 10.6 Å². The number of guanidine groups is 1. The lowest BCUT2D eigenvalue weighted by atomic mass is 10.0. The van der Waals surface area contributed by atoms with Gasteiger partial charge >= 0.3 is 0 Å². The van der Waals surface area contributed by atoms with Crippen LogP contribution in [0.5, 0.6) is 0 Å². The molecule has 148 valence electrons. The van der Waals surface area contributed by atoms with E-state index < -0.39 is 5.60 Å². The predicted octanol–water partition coefficient (Wildman–Crippen LogP) is 3.09. The first-order valence-electron chi connectivity index (χ1n) is 9.42. The van der Waals surface area contributed by atoms with Crippen LogP contribution in [0, 0.1) is 6.92 Å². The third-order valence-electron chi connectivity index (χ3n) is 4.20. The van der Waals surface area contributed by atoms with E-state index >= 15 is 0 Å². The monoisotopic (exact) mass is 373 g/mol. The summed E-state index contributed by atoms with van der Waals surface area (Å²) in [6.07, 6.45) is 0. The maximum absolute atomic E-state index is 10.7. The molecule has 0 aliphatic heterocycles.